The Kier molecular flexibility index (Phi) is 5.71. The molecule has 1 fully saturated rings. The summed E-state index contributed by atoms with van der Waals surface area (Å²) in [7, 11) is 0. The van der Waals surface area contributed by atoms with Crippen molar-refractivity contribution >= 4 is 0 Å². The van der Waals surface area contributed by atoms with E-state index in [0.29, 0.717) is 5.56 Å². The highest BCUT2D eigenvalue weighted by Crippen LogP contribution is 2.35. The first-order chi connectivity index (χ1) is 12.0. The van der Waals surface area contributed by atoms with E-state index in [1.54, 1.807) is 12.1 Å². The van der Waals surface area contributed by atoms with E-state index in [9.17, 15) is 13.2 Å². The highest BCUT2D eigenvalue weighted by atomic mass is 19.4. The van der Waals surface area contributed by atoms with Gasteiger partial charge in [0.05, 0.1) is 24.5 Å². The number of pyridine rings is 1. The van der Waals surface area contributed by atoms with Gasteiger partial charge in [0.25, 0.3) is 0 Å². The fourth-order valence-electron chi connectivity index (χ4n) is 3.02. The van der Waals surface area contributed by atoms with Crippen LogP contribution in [0.3, 0.4) is 0 Å². The highest BCUT2D eigenvalue weighted by molar-refractivity contribution is 5.64. The zero-order valence-electron chi connectivity index (χ0n) is 13.9. The van der Waals surface area contributed by atoms with Gasteiger partial charge in [0, 0.05) is 24.8 Å². The van der Waals surface area contributed by atoms with E-state index in [1.807, 2.05) is 12.1 Å². The number of rotatable bonds is 5. The molecule has 0 amide bonds. The standard InChI is InChI=1S/C19H21F3N2O/c20-19(21,22)17-4-1-9-23-18(17)16-7-5-15(6-8-16)3-2-10-24-11-13-25-14-12-24/h1,4-9H,2-3,10-14H2. The summed E-state index contributed by atoms with van der Waals surface area (Å²) in [5.41, 5.74) is 0.899. The van der Waals surface area contributed by atoms with E-state index in [4.69, 9.17) is 4.74 Å². The van der Waals surface area contributed by atoms with Crippen molar-refractivity contribution in [2.45, 2.75) is 19.0 Å². The second-order valence-electron chi connectivity index (χ2n) is 6.15. The molecule has 1 aliphatic heterocycles. The Hall–Kier alpha value is -1.92. The van der Waals surface area contributed by atoms with Crippen molar-refractivity contribution in [2.24, 2.45) is 0 Å². The van der Waals surface area contributed by atoms with Gasteiger partial charge >= 0.3 is 6.18 Å². The maximum absolute atomic E-state index is 13.1. The van der Waals surface area contributed by atoms with Gasteiger partial charge in [-0.1, -0.05) is 24.3 Å². The van der Waals surface area contributed by atoms with Crippen LogP contribution in [0.15, 0.2) is 42.6 Å². The topological polar surface area (TPSA) is 25.4 Å². The molecule has 0 N–H and O–H groups in total. The minimum atomic E-state index is -4.40. The SMILES string of the molecule is FC(F)(F)c1cccnc1-c1ccc(CCCN2CCOCC2)cc1. The van der Waals surface area contributed by atoms with Gasteiger partial charge in [-0.25, -0.2) is 0 Å². The lowest BCUT2D eigenvalue weighted by molar-refractivity contribution is -0.137. The van der Waals surface area contributed by atoms with Crippen LogP contribution in [-0.2, 0) is 17.3 Å². The molecule has 0 spiro atoms. The summed E-state index contributed by atoms with van der Waals surface area (Å²) >= 11 is 0. The maximum Gasteiger partial charge on any atom is 0.418 e. The second kappa shape index (κ2) is 7.97. The molecule has 0 atom stereocenters. The number of ether oxygens (including phenoxy) is 1. The zero-order chi connectivity index (χ0) is 17.7. The number of alkyl halides is 3. The molecule has 1 aromatic heterocycles. The number of aromatic nitrogens is 1. The van der Waals surface area contributed by atoms with Gasteiger partial charge in [-0.2, -0.15) is 13.2 Å². The van der Waals surface area contributed by atoms with Crippen molar-refractivity contribution in [1.82, 2.24) is 9.88 Å². The van der Waals surface area contributed by atoms with Gasteiger partial charge in [-0.3, -0.25) is 9.88 Å². The van der Waals surface area contributed by atoms with Crippen LogP contribution < -0.4 is 0 Å². The van der Waals surface area contributed by atoms with Crippen LogP contribution in [0.25, 0.3) is 11.3 Å². The lowest BCUT2D eigenvalue weighted by atomic mass is 10.0. The predicted molar refractivity (Wildman–Crippen MR) is 90.3 cm³/mol. The summed E-state index contributed by atoms with van der Waals surface area (Å²) in [6.45, 7) is 4.54. The molecule has 2 aromatic rings. The van der Waals surface area contributed by atoms with Crippen LogP contribution in [0.5, 0.6) is 0 Å². The number of hydrogen-bond donors (Lipinski definition) is 0. The summed E-state index contributed by atoms with van der Waals surface area (Å²) < 4.78 is 44.6. The van der Waals surface area contributed by atoms with Crippen molar-refractivity contribution in [3.05, 3.63) is 53.7 Å². The Balaban J connectivity index is 1.63. The van der Waals surface area contributed by atoms with E-state index in [0.717, 1.165) is 57.3 Å². The third-order valence-electron chi connectivity index (χ3n) is 4.38. The molecule has 6 heteroatoms. The zero-order valence-corrected chi connectivity index (χ0v) is 13.9. The summed E-state index contributed by atoms with van der Waals surface area (Å²) in [6, 6.07) is 9.61. The molecular weight excluding hydrogens is 329 g/mol. The van der Waals surface area contributed by atoms with Gasteiger partial charge in [0.1, 0.15) is 0 Å². The summed E-state index contributed by atoms with van der Waals surface area (Å²) in [4.78, 5) is 6.31. The fraction of sp³-hybridized carbons (Fsp3) is 0.421. The Bertz CT molecular complexity index is 680. The van der Waals surface area contributed by atoms with Crippen LogP contribution >= 0.6 is 0 Å². The van der Waals surface area contributed by atoms with Gasteiger partial charge in [-0.15, -0.1) is 0 Å². The fourth-order valence-corrected chi connectivity index (χ4v) is 3.02. The Morgan fingerprint density at radius 2 is 1.76 bits per heavy atom. The molecule has 0 aliphatic carbocycles. The van der Waals surface area contributed by atoms with Crippen LogP contribution in [0.2, 0.25) is 0 Å². The molecule has 0 bridgehead atoms. The smallest absolute Gasteiger partial charge is 0.379 e. The van der Waals surface area contributed by atoms with Gasteiger partial charge in [0.15, 0.2) is 0 Å². The lowest BCUT2D eigenvalue weighted by Gasteiger charge is -2.26. The Morgan fingerprint density at radius 3 is 2.44 bits per heavy atom. The summed E-state index contributed by atoms with van der Waals surface area (Å²) in [5.74, 6) is 0. The monoisotopic (exact) mass is 350 g/mol. The van der Waals surface area contributed by atoms with Crippen molar-refractivity contribution in [2.75, 3.05) is 32.8 Å². The van der Waals surface area contributed by atoms with E-state index in [2.05, 4.69) is 9.88 Å². The highest BCUT2D eigenvalue weighted by Gasteiger charge is 2.34. The van der Waals surface area contributed by atoms with Crippen LogP contribution in [0, 0.1) is 0 Å². The third-order valence-corrected chi connectivity index (χ3v) is 4.38. The van der Waals surface area contributed by atoms with Gasteiger partial charge in [0.2, 0.25) is 0 Å². The normalized spacial score (nSPS) is 16.1. The minimum absolute atomic E-state index is 0.0186. The molecule has 1 aromatic carbocycles. The van der Waals surface area contributed by atoms with Gasteiger partial charge in [-0.05, 0) is 37.1 Å². The Morgan fingerprint density at radius 1 is 1.04 bits per heavy atom. The molecule has 0 saturated carbocycles. The van der Waals surface area contributed by atoms with Crippen molar-refractivity contribution < 1.29 is 17.9 Å². The van der Waals surface area contributed by atoms with Crippen molar-refractivity contribution in [3.63, 3.8) is 0 Å². The average Bonchev–Trinajstić information content (AvgIpc) is 2.63. The molecule has 3 nitrogen and oxygen atoms in total. The quantitative estimate of drug-likeness (QED) is 0.814. The molecule has 25 heavy (non-hydrogen) atoms. The Labute approximate surface area is 145 Å². The lowest BCUT2D eigenvalue weighted by Crippen LogP contribution is -2.36. The molecule has 134 valence electrons. The molecule has 0 radical (unpaired) electrons. The second-order valence-corrected chi connectivity index (χ2v) is 6.15. The van der Waals surface area contributed by atoms with E-state index >= 15 is 0 Å². The maximum atomic E-state index is 13.1. The summed E-state index contributed by atoms with van der Waals surface area (Å²) in [6.07, 6.45) is -1.08. The number of nitrogens with zero attached hydrogens (tertiary/aromatic N) is 2. The first-order valence-electron chi connectivity index (χ1n) is 8.46. The first-order valence-corrected chi connectivity index (χ1v) is 8.46. The third kappa shape index (κ3) is 4.80. The number of halogens is 3. The molecule has 3 rings (SSSR count). The van der Waals surface area contributed by atoms with Crippen molar-refractivity contribution in [3.8, 4) is 11.3 Å². The van der Waals surface area contributed by atoms with Crippen LogP contribution in [-0.4, -0.2) is 42.7 Å². The van der Waals surface area contributed by atoms with Crippen LogP contribution in [0.4, 0.5) is 13.2 Å². The van der Waals surface area contributed by atoms with E-state index in [-0.39, 0.29) is 5.69 Å². The molecule has 1 saturated heterocycles. The molecular formula is C19H21F3N2O. The molecule has 2 heterocycles. The average molecular weight is 350 g/mol. The van der Waals surface area contributed by atoms with E-state index < -0.39 is 11.7 Å². The largest absolute Gasteiger partial charge is 0.418 e. The minimum Gasteiger partial charge on any atom is -0.379 e. The van der Waals surface area contributed by atoms with E-state index in [1.165, 1.54) is 12.3 Å². The predicted octanol–water partition coefficient (Wildman–Crippen LogP) is 4.03. The first kappa shape index (κ1) is 17.9. The number of benzene rings is 1. The number of morpholine rings is 1. The van der Waals surface area contributed by atoms with Gasteiger partial charge < -0.3 is 4.74 Å². The summed E-state index contributed by atoms with van der Waals surface area (Å²) in [5, 5.41) is 0. The molecule has 0 unspecified atom stereocenters. The number of aryl methyl sites for hydroxylation is 1. The van der Waals surface area contributed by atoms with Crippen LogP contribution in [0.1, 0.15) is 17.5 Å². The van der Waals surface area contributed by atoms with Crippen molar-refractivity contribution in [1.29, 1.82) is 0 Å². The number of hydrogen-bond acceptors (Lipinski definition) is 3. The molecule has 1 aliphatic rings.